The number of fused-ring (bicyclic) bond motifs is 1. The van der Waals surface area contributed by atoms with Gasteiger partial charge in [0.15, 0.2) is 0 Å². The summed E-state index contributed by atoms with van der Waals surface area (Å²) in [5.74, 6) is 0.510. The molecule has 4 heteroatoms. The van der Waals surface area contributed by atoms with Gasteiger partial charge < -0.3 is 4.42 Å². The van der Waals surface area contributed by atoms with E-state index in [1.165, 1.54) is 6.26 Å². The van der Waals surface area contributed by atoms with E-state index in [1.54, 1.807) is 6.20 Å². The number of para-hydroxylation sites is 2. The Morgan fingerprint density at radius 1 is 1.00 bits per heavy atom. The van der Waals surface area contributed by atoms with Crippen molar-refractivity contribution in [2.75, 3.05) is 0 Å². The molecule has 0 saturated heterocycles. The van der Waals surface area contributed by atoms with Crippen LogP contribution in [0.3, 0.4) is 0 Å². The third-order valence-electron chi connectivity index (χ3n) is 2.38. The lowest BCUT2D eigenvalue weighted by molar-refractivity contribution is 0.571. The minimum Gasteiger partial charge on any atom is -0.443 e. The molecule has 0 spiro atoms. The van der Waals surface area contributed by atoms with Crippen molar-refractivity contribution in [2.45, 2.75) is 20.8 Å². The van der Waals surface area contributed by atoms with E-state index in [4.69, 9.17) is 4.42 Å². The third-order valence-corrected chi connectivity index (χ3v) is 2.38. The molecule has 0 unspecified atom stereocenters. The predicted molar refractivity (Wildman–Crippen MR) is 71.1 cm³/mol. The second-order valence-electron chi connectivity index (χ2n) is 3.48. The summed E-state index contributed by atoms with van der Waals surface area (Å²) in [6.07, 6.45) is 3.14. The second kappa shape index (κ2) is 5.40. The van der Waals surface area contributed by atoms with Gasteiger partial charge in [-0.15, -0.1) is 0 Å². The summed E-state index contributed by atoms with van der Waals surface area (Å²) in [5, 5.41) is 0. The van der Waals surface area contributed by atoms with Crippen LogP contribution >= 0.6 is 0 Å². The lowest BCUT2D eigenvalue weighted by atomic mass is 10.2. The fourth-order valence-corrected chi connectivity index (χ4v) is 1.63. The maximum atomic E-state index is 5.24. The topological polar surface area (TPSA) is 51.8 Å². The molecule has 2 aromatic heterocycles. The highest BCUT2D eigenvalue weighted by molar-refractivity contribution is 5.76. The summed E-state index contributed by atoms with van der Waals surface area (Å²) in [4.78, 5) is 13.1. The summed E-state index contributed by atoms with van der Waals surface area (Å²) in [5.41, 5.74) is 3.25. The van der Waals surface area contributed by atoms with Crippen molar-refractivity contribution in [2.24, 2.45) is 0 Å². The molecule has 0 aliphatic rings. The van der Waals surface area contributed by atoms with Crippen molar-refractivity contribution >= 4 is 11.0 Å². The zero-order valence-electron chi connectivity index (χ0n) is 10.7. The van der Waals surface area contributed by atoms with E-state index in [0.717, 1.165) is 16.7 Å². The molecule has 3 aromatic rings. The zero-order chi connectivity index (χ0) is 13.0. The molecule has 0 aliphatic carbocycles. The number of benzene rings is 1. The fourth-order valence-electron chi connectivity index (χ4n) is 1.63. The first-order valence-corrected chi connectivity index (χ1v) is 5.98. The number of nitrogens with zero attached hydrogens (tertiary/aromatic N) is 3. The molecular weight excluding hydrogens is 226 g/mol. The Hall–Kier alpha value is -2.23. The Kier molecular flexibility index (Phi) is 3.67. The molecule has 4 nitrogen and oxygen atoms in total. The molecule has 0 N–H and O–H groups in total. The third kappa shape index (κ3) is 2.22. The largest absolute Gasteiger partial charge is 0.443 e. The van der Waals surface area contributed by atoms with Crippen molar-refractivity contribution < 1.29 is 4.42 Å². The highest BCUT2D eigenvalue weighted by atomic mass is 16.3. The molecule has 92 valence electrons. The van der Waals surface area contributed by atoms with Crippen LogP contribution in [0.25, 0.3) is 22.6 Å². The van der Waals surface area contributed by atoms with Gasteiger partial charge in [0.05, 0.1) is 22.9 Å². The Balaban J connectivity index is 0.000000574. The van der Waals surface area contributed by atoms with Crippen LogP contribution in [0.4, 0.5) is 0 Å². The first-order valence-electron chi connectivity index (χ1n) is 5.98. The van der Waals surface area contributed by atoms with E-state index in [9.17, 15) is 0 Å². The molecular formula is C14H15N3O. The summed E-state index contributed by atoms with van der Waals surface area (Å²) in [6, 6.07) is 7.75. The zero-order valence-corrected chi connectivity index (χ0v) is 10.7. The Bertz CT molecular complexity index is 633. The van der Waals surface area contributed by atoms with Crippen LogP contribution in [-0.4, -0.2) is 15.0 Å². The van der Waals surface area contributed by atoms with Crippen LogP contribution in [0.15, 0.2) is 41.1 Å². The SMILES string of the molecule is CC.Cc1nc2ccccc2nc1-c1ncco1. The molecule has 0 amide bonds. The maximum Gasteiger partial charge on any atom is 0.246 e. The smallest absolute Gasteiger partial charge is 0.246 e. The minimum atomic E-state index is 0.510. The van der Waals surface area contributed by atoms with Gasteiger partial charge in [-0.1, -0.05) is 26.0 Å². The molecule has 18 heavy (non-hydrogen) atoms. The number of oxazole rings is 1. The summed E-state index contributed by atoms with van der Waals surface area (Å²) in [6.45, 7) is 5.90. The van der Waals surface area contributed by atoms with Crippen molar-refractivity contribution in [3.63, 3.8) is 0 Å². The Morgan fingerprint density at radius 3 is 2.28 bits per heavy atom. The summed E-state index contributed by atoms with van der Waals surface area (Å²) in [7, 11) is 0. The number of aryl methyl sites for hydroxylation is 1. The van der Waals surface area contributed by atoms with Crippen molar-refractivity contribution in [1.82, 2.24) is 15.0 Å². The van der Waals surface area contributed by atoms with Gasteiger partial charge in [0.2, 0.25) is 5.89 Å². The molecule has 0 aliphatic heterocycles. The molecule has 0 saturated carbocycles. The average molecular weight is 241 g/mol. The van der Waals surface area contributed by atoms with Gasteiger partial charge in [-0.05, 0) is 19.1 Å². The van der Waals surface area contributed by atoms with Gasteiger partial charge in [-0.25, -0.2) is 15.0 Å². The Labute approximate surface area is 106 Å². The molecule has 3 rings (SSSR count). The molecule has 0 bridgehead atoms. The van der Waals surface area contributed by atoms with E-state index < -0.39 is 0 Å². The highest BCUT2D eigenvalue weighted by Gasteiger charge is 2.10. The van der Waals surface area contributed by atoms with Crippen LogP contribution in [0, 0.1) is 6.92 Å². The van der Waals surface area contributed by atoms with Gasteiger partial charge in [0.25, 0.3) is 0 Å². The lowest BCUT2D eigenvalue weighted by Crippen LogP contribution is -1.94. The van der Waals surface area contributed by atoms with Gasteiger partial charge in [-0.2, -0.15) is 0 Å². The molecule has 0 fully saturated rings. The number of hydrogen-bond acceptors (Lipinski definition) is 4. The fraction of sp³-hybridized carbons (Fsp3) is 0.214. The average Bonchev–Trinajstić information content (AvgIpc) is 2.94. The van der Waals surface area contributed by atoms with Crippen LogP contribution < -0.4 is 0 Å². The first-order chi connectivity index (χ1) is 8.84. The minimum absolute atomic E-state index is 0.510. The molecule has 0 radical (unpaired) electrons. The van der Waals surface area contributed by atoms with Crippen LogP contribution in [0.2, 0.25) is 0 Å². The standard InChI is InChI=1S/C12H9N3O.C2H6/c1-8-11(12-13-6-7-16-12)15-10-5-3-2-4-9(10)14-8;1-2/h2-7H,1H3;1-2H3. The molecule has 1 aromatic carbocycles. The number of aromatic nitrogens is 3. The first kappa shape index (κ1) is 12.2. The summed E-state index contributed by atoms with van der Waals surface area (Å²) < 4.78 is 5.24. The van der Waals surface area contributed by atoms with Crippen LogP contribution in [0.5, 0.6) is 0 Å². The van der Waals surface area contributed by atoms with Crippen LogP contribution in [0.1, 0.15) is 19.5 Å². The van der Waals surface area contributed by atoms with E-state index >= 15 is 0 Å². The quantitative estimate of drug-likeness (QED) is 0.653. The predicted octanol–water partition coefficient (Wildman–Crippen LogP) is 3.62. The normalized spacial score (nSPS) is 9.94. The monoisotopic (exact) mass is 241 g/mol. The van der Waals surface area contributed by atoms with Gasteiger partial charge >= 0.3 is 0 Å². The second-order valence-corrected chi connectivity index (χ2v) is 3.48. The lowest BCUT2D eigenvalue weighted by Gasteiger charge is -2.02. The van der Waals surface area contributed by atoms with Gasteiger partial charge in [-0.3, -0.25) is 0 Å². The van der Waals surface area contributed by atoms with E-state index in [0.29, 0.717) is 11.6 Å². The number of rotatable bonds is 1. The summed E-state index contributed by atoms with van der Waals surface area (Å²) >= 11 is 0. The van der Waals surface area contributed by atoms with Crippen molar-refractivity contribution in [3.8, 4) is 11.6 Å². The van der Waals surface area contributed by atoms with E-state index in [2.05, 4.69) is 15.0 Å². The van der Waals surface area contributed by atoms with Gasteiger partial charge in [0.1, 0.15) is 12.0 Å². The molecule has 2 heterocycles. The van der Waals surface area contributed by atoms with E-state index in [1.807, 2.05) is 45.0 Å². The highest BCUT2D eigenvalue weighted by Crippen LogP contribution is 2.20. The Morgan fingerprint density at radius 2 is 1.67 bits per heavy atom. The maximum absolute atomic E-state index is 5.24. The number of hydrogen-bond donors (Lipinski definition) is 0. The van der Waals surface area contributed by atoms with Gasteiger partial charge in [0, 0.05) is 0 Å². The van der Waals surface area contributed by atoms with E-state index in [-0.39, 0.29) is 0 Å². The molecule has 0 atom stereocenters. The van der Waals surface area contributed by atoms with Crippen molar-refractivity contribution in [1.29, 1.82) is 0 Å². The van der Waals surface area contributed by atoms with Crippen LogP contribution in [-0.2, 0) is 0 Å². The van der Waals surface area contributed by atoms with Crippen molar-refractivity contribution in [3.05, 3.63) is 42.4 Å².